The van der Waals surface area contributed by atoms with Gasteiger partial charge in [0.25, 0.3) is 5.91 Å². The van der Waals surface area contributed by atoms with Gasteiger partial charge in [-0.2, -0.15) is 5.26 Å². The first kappa shape index (κ1) is 18.0. The van der Waals surface area contributed by atoms with Gasteiger partial charge >= 0.3 is 6.03 Å². The number of amides is 3. The lowest BCUT2D eigenvalue weighted by Crippen LogP contribution is -2.29. The minimum Gasteiger partial charge on any atom is -0.332 e. The van der Waals surface area contributed by atoms with Crippen molar-refractivity contribution in [2.24, 2.45) is 0 Å². The van der Waals surface area contributed by atoms with E-state index in [1.807, 2.05) is 31.2 Å². The summed E-state index contributed by atoms with van der Waals surface area (Å²) in [6, 6.07) is 15.1. The molecule has 128 valence electrons. The van der Waals surface area contributed by atoms with Crippen molar-refractivity contribution in [1.29, 1.82) is 5.26 Å². The Morgan fingerprint density at radius 2 is 1.84 bits per heavy atom. The molecule has 0 radical (unpaired) electrons. The minimum absolute atomic E-state index is 0.285. The Balaban J connectivity index is 2.16. The number of nitrogens with zero attached hydrogens (tertiary/aromatic N) is 2. The van der Waals surface area contributed by atoms with Gasteiger partial charge in [0.2, 0.25) is 0 Å². The monoisotopic (exact) mass is 336 g/mol. The topological polar surface area (TPSA) is 85.2 Å². The van der Waals surface area contributed by atoms with Crippen LogP contribution in [0.4, 0.5) is 10.5 Å². The van der Waals surface area contributed by atoms with Crippen molar-refractivity contribution in [1.82, 2.24) is 10.2 Å². The fourth-order valence-corrected chi connectivity index (χ4v) is 2.28. The molecular weight excluding hydrogens is 316 g/mol. The highest BCUT2D eigenvalue weighted by atomic mass is 16.2. The van der Waals surface area contributed by atoms with Crippen LogP contribution in [0.5, 0.6) is 0 Å². The van der Waals surface area contributed by atoms with Gasteiger partial charge in [-0.15, -0.1) is 0 Å². The van der Waals surface area contributed by atoms with Crippen molar-refractivity contribution >= 4 is 17.6 Å². The molecule has 0 aromatic heterocycles. The smallest absolute Gasteiger partial charge is 0.321 e. The predicted molar refractivity (Wildman–Crippen MR) is 96.1 cm³/mol. The Labute approximate surface area is 147 Å². The van der Waals surface area contributed by atoms with Gasteiger partial charge in [0.15, 0.2) is 0 Å². The Hall–Kier alpha value is -3.33. The van der Waals surface area contributed by atoms with E-state index in [9.17, 15) is 14.9 Å². The van der Waals surface area contributed by atoms with E-state index in [0.717, 1.165) is 11.1 Å². The summed E-state index contributed by atoms with van der Waals surface area (Å²) in [7, 11) is 3.26. The number of nitrogens with one attached hydrogen (secondary N) is 2. The molecular formula is C19H20N4O2. The first-order chi connectivity index (χ1) is 11.9. The molecule has 3 amide bonds. The van der Waals surface area contributed by atoms with Crippen LogP contribution < -0.4 is 10.6 Å². The van der Waals surface area contributed by atoms with Crippen molar-refractivity contribution in [2.45, 2.75) is 13.0 Å². The van der Waals surface area contributed by atoms with Crippen LogP contribution in [0, 0.1) is 18.3 Å². The first-order valence-corrected chi connectivity index (χ1v) is 7.76. The highest BCUT2D eigenvalue weighted by Gasteiger charge is 2.17. The number of anilines is 1. The van der Waals surface area contributed by atoms with Crippen LogP contribution in [-0.2, 0) is 0 Å². The third-order valence-corrected chi connectivity index (χ3v) is 3.69. The second-order valence-corrected chi connectivity index (χ2v) is 5.80. The van der Waals surface area contributed by atoms with Crippen molar-refractivity contribution in [3.63, 3.8) is 0 Å². The number of carbonyl (C=O) groups is 2. The van der Waals surface area contributed by atoms with Gasteiger partial charge in [0.05, 0.1) is 6.07 Å². The van der Waals surface area contributed by atoms with Crippen molar-refractivity contribution in [2.75, 3.05) is 19.4 Å². The number of carbonyl (C=O) groups excluding carboxylic acids is 2. The molecule has 2 N–H and O–H groups in total. The molecule has 0 unspecified atom stereocenters. The van der Waals surface area contributed by atoms with E-state index in [4.69, 9.17) is 0 Å². The second-order valence-electron chi connectivity index (χ2n) is 5.80. The summed E-state index contributed by atoms with van der Waals surface area (Å²) in [5.41, 5.74) is 2.57. The number of rotatable bonds is 4. The maximum absolute atomic E-state index is 12.5. The summed E-state index contributed by atoms with van der Waals surface area (Å²) in [4.78, 5) is 25.6. The molecule has 0 fully saturated rings. The molecule has 0 bridgehead atoms. The van der Waals surface area contributed by atoms with E-state index in [0.29, 0.717) is 11.3 Å². The van der Waals surface area contributed by atoms with Gasteiger partial charge < -0.3 is 15.5 Å². The lowest BCUT2D eigenvalue weighted by molar-refractivity contribution is 0.0945. The Kier molecular flexibility index (Phi) is 5.75. The largest absolute Gasteiger partial charge is 0.332 e. The van der Waals surface area contributed by atoms with Crippen LogP contribution in [0.3, 0.4) is 0 Å². The molecule has 2 rings (SSSR count). The van der Waals surface area contributed by atoms with Crippen molar-refractivity contribution in [3.8, 4) is 6.07 Å². The molecule has 0 saturated carbocycles. The third kappa shape index (κ3) is 4.58. The number of benzene rings is 2. The summed E-state index contributed by atoms with van der Waals surface area (Å²) in [6.07, 6.45) is 0. The standard InChI is InChI=1S/C19H20N4O2/c1-13-7-4-5-10-16(13)17(12-20)22-18(24)14-8-6-9-15(11-14)21-19(25)23(2)3/h4-11,17H,1-3H3,(H,21,25)(H,22,24)/t17-/m0/s1. The van der Waals surface area contributed by atoms with Gasteiger partial charge in [-0.25, -0.2) is 4.79 Å². The minimum atomic E-state index is -0.742. The molecule has 25 heavy (non-hydrogen) atoms. The summed E-state index contributed by atoms with van der Waals surface area (Å²) < 4.78 is 0. The summed E-state index contributed by atoms with van der Waals surface area (Å²) >= 11 is 0. The first-order valence-electron chi connectivity index (χ1n) is 7.76. The fourth-order valence-electron chi connectivity index (χ4n) is 2.28. The average molecular weight is 336 g/mol. The molecule has 0 saturated heterocycles. The third-order valence-electron chi connectivity index (χ3n) is 3.69. The highest BCUT2D eigenvalue weighted by Crippen LogP contribution is 2.18. The molecule has 6 nitrogen and oxygen atoms in total. The van der Waals surface area contributed by atoms with Crippen molar-refractivity contribution < 1.29 is 9.59 Å². The number of urea groups is 1. The maximum Gasteiger partial charge on any atom is 0.321 e. The summed E-state index contributed by atoms with van der Waals surface area (Å²) in [5, 5.41) is 14.8. The molecule has 2 aromatic carbocycles. The van der Waals surface area contributed by atoms with Crippen molar-refractivity contribution in [3.05, 3.63) is 65.2 Å². The van der Waals surface area contributed by atoms with Crippen LogP contribution >= 0.6 is 0 Å². The average Bonchev–Trinajstić information content (AvgIpc) is 2.60. The SMILES string of the molecule is Cc1ccccc1[C@H](C#N)NC(=O)c1cccc(NC(=O)N(C)C)c1. The van der Waals surface area contributed by atoms with Crippen LogP contribution in [0.1, 0.15) is 27.5 Å². The Morgan fingerprint density at radius 1 is 1.12 bits per heavy atom. The number of hydrogen-bond donors (Lipinski definition) is 2. The normalized spacial score (nSPS) is 11.1. The molecule has 2 aromatic rings. The van der Waals surface area contributed by atoms with Gasteiger partial charge in [0.1, 0.15) is 6.04 Å². The van der Waals surface area contributed by atoms with Gasteiger partial charge in [0, 0.05) is 25.3 Å². The second kappa shape index (κ2) is 7.97. The van der Waals surface area contributed by atoms with Crippen LogP contribution in [0.2, 0.25) is 0 Å². The highest BCUT2D eigenvalue weighted by molar-refractivity contribution is 5.97. The number of hydrogen-bond acceptors (Lipinski definition) is 3. The lowest BCUT2D eigenvalue weighted by atomic mass is 10.0. The number of aryl methyl sites for hydroxylation is 1. The molecule has 0 aliphatic carbocycles. The van der Waals surface area contributed by atoms with E-state index in [1.54, 1.807) is 38.4 Å². The van der Waals surface area contributed by atoms with Gasteiger partial charge in [-0.1, -0.05) is 30.3 Å². The Bertz CT molecular complexity index is 824. The van der Waals surface area contributed by atoms with E-state index >= 15 is 0 Å². The maximum atomic E-state index is 12.5. The molecule has 6 heteroatoms. The zero-order valence-corrected chi connectivity index (χ0v) is 14.4. The quantitative estimate of drug-likeness (QED) is 0.900. The van der Waals surface area contributed by atoms with E-state index in [1.165, 1.54) is 4.90 Å². The predicted octanol–water partition coefficient (Wildman–Crippen LogP) is 3.08. The van der Waals surface area contributed by atoms with E-state index in [-0.39, 0.29) is 11.9 Å². The zero-order chi connectivity index (χ0) is 18.4. The van der Waals surface area contributed by atoms with Gasteiger partial charge in [-0.05, 0) is 36.2 Å². The molecule has 0 aliphatic heterocycles. The molecule has 0 spiro atoms. The Morgan fingerprint density at radius 3 is 2.48 bits per heavy atom. The zero-order valence-electron chi connectivity index (χ0n) is 14.4. The molecule has 0 heterocycles. The van der Waals surface area contributed by atoms with Crippen LogP contribution in [-0.4, -0.2) is 30.9 Å². The van der Waals surface area contributed by atoms with Gasteiger partial charge in [-0.3, -0.25) is 4.79 Å². The fraction of sp³-hybridized carbons (Fsp3) is 0.211. The summed E-state index contributed by atoms with van der Waals surface area (Å²) in [6.45, 7) is 1.89. The van der Waals surface area contributed by atoms with Crippen LogP contribution in [0.25, 0.3) is 0 Å². The number of nitriles is 1. The lowest BCUT2D eigenvalue weighted by Gasteiger charge is -2.15. The summed E-state index contributed by atoms with van der Waals surface area (Å²) in [5.74, 6) is -0.379. The molecule has 0 aliphatic rings. The van der Waals surface area contributed by atoms with Crippen LogP contribution in [0.15, 0.2) is 48.5 Å². The van der Waals surface area contributed by atoms with E-state index < -0.39 is 6.04 Å². The molecule has 1 atom stereocenters. The van der Waals surface area contributed by atoms with E-state index in [2.05, 4.69) is 16.7 Å².